The van der Waals surface area contributed by atoms with Crippen LogP contribution in [0.15, 0.2) is 47.4 Å². The maximum Gasteiger partial charge on any atom is 0.261 e. The molecular formula is C21H26N2O4S. The van der Waals surface area contributed by atoms with Crippen molar-refractivity contribution in [2.45, 2.75) is 43.9 Å². The van der Waals surface area contributed by atoms with E-state index in [0.717, 1.165) is 0 Å². The molecule has 0 radical (unpaired) electrons. The minimum Gasteiger partial charge on any atom is -0.493 e. The number of carbonyl (C=O) groups excluding carboxylic acids is 1. The van der Waals surface area contributed by atoms with Crippen LogP contribution in [0.4, 0.5) is 5.69 Å². The van der Waals surface area contributed by atoms with Crippen LogP contribution in [0.5, 0.6) is 5.75 Å². The van der Waals surface area contributed by atoms with Crippen molar-refractivity contribution >= 4 is 21.6 Å². The van der Waals surface area contributed by atoms with Crippen molar-refractivity contribution < 1.29 is 17.9 Å². The first-order valence-corrected chi connectivity index (χ1v) is 11.0. The number of rotatable bonds is 7. The number of anilines is 1. The van der Waals surface area contributed by atoms with Gasteiger partial charge in [-0.05, 0) is 61.6 Å². The van der Waals surface area contributed by atoms with Gasteiger partial charge in [0.05, 0.1) is 22.8 Å². The molecule has 1 amide bonds. The quantitative estimate of drug-likeness (QED) is 0.735. The van der Waals surface area contributed by atoms with E-state index in [1.807, 2.05) is 0 Å². The van der Waals surface area contributed by atoms with Crippen molar-refractivity contribution in [1.82, 2.24) is 0 Å². The summed E-state index contributed by atoms with van der Waals surface area (Å²) >= 11 is 0. The predicted molar refractivity (Wildman–Crippen MR) is 109 cm³/mol. The van der Waals surface area contributed by atoms with Crippen LogP contribution in [0.25, 0.3) is 0 Å². The Bertz CT molecular complexity index is 933. The number of primary amides is 1. The van der Waals surface area contributed by atoms with E-state index in [0.29, 0.717) is 23.8 Å². The molecule has 1 aliphatic rings. The average molecular weight is 403 g/mol. The predicted octanol–water partition coefficient (Wildman–Crippen LogP) is 3.85. The van der Waals surface area contributed by atoms with Crippen LogP contribution in [-0.2, 0) is 10.0 Å². The Labute approximate surface area is 166 Å². The number of carbonyl (C=O) groups is 1. The largest absolute Gasteiger partial charge is 0.493 e. The van der Waals surface area contributed by atoms with Gasteiger partial charge in [-0.2, -0.15) is 0 Å². The van der Waals surface area contributed by atoms with Crippen LogP contribution in [0, 0.1) is 12.8 Å². The van der Waals surface area contributed by atoms with Gasteiger partial charge in [0.25, 0.3) is 15.9 Å². The lowest BCUT2D eigenvalue weighted by Gasteiger charge is -2.21. The van der Waals surface area contributed by atoms with Gasteiger partial charge in [0.1, 0.15) is 5.75 Å². The summed E-state index contributed by atoms with van der Waals surface area (Å²) in [4.78, 5) is 11.7. The molecule has 0 aromatic heterocycles. The van der Waals surface area contributed by atoms with Gasteiger partial charge in [-0.25, -0.2) is 8.42 Å². The van der Waals surface area contributed by atoms with Crippen molar-refractivity contribution in [1.29, 1.82) is 0 Å². The van der Waals surface area contributed by atoms with Crippen LogP contribution < -0.4 is 15.2 Å². The molecule has 7 heteroatoms. The first kappa shape index (κ1) is 20.2. The number of aryl methyl sites for hydroxylation is 1. The zero-order valence-electron chi connectivity index (χ0n) is 16.0. The molecule has 6 nitrogen and oxygen atoms in total. The fourth-order valence-electron chi connectivity index (χ4n) is 3.48. The number of amides is 1. The van der Waals surface area contributed by atoms with E-state index in [9.17, 15) is 13.2 Å². The van der Waals surface area contributed by atoms with E-state index >= 15 is 0 Å². The van der Waals surface area contributed by atoms with Crippen molar-refractivity contribution in [2.75, 3.05) is 11.3 Å². The smallest absolute Gasteiger partial charge is 0.261 e. The van der Waals surface area contributed by atoms with Gasteiger partial charge in [0.15, 0.2) is 0 Å². The lowest BCUT2D eigenvalue weighted by molar-refractivity contribution is 0.100. The van der Waals surface area contributed by atoms with Crippen LogP contribution >= 0.6 is 0 Å². The van der Waals surface area contributed by atoms with E-state index in [2.05, 4.69) is 4.72 Å². The van der Waals surface area contributed by atoms with Gasteiger partial charge >= 0.3 is 0 Å². The third-order valence-corrected chi connectivity index (χ3v) is 6.48. The molecule has 28 heavy (non-hydrogen) atoms. The molecule has 1 fully saturated rings. The number of ether oxygens (including phenoxy) is 1. The minimum atomic E-state index is -3.86. The van der Waals surface area contributed by atoms with E-state index in [1.54, 1.807) is 31.2 Å². The summed E-state index contributed by atoms with van der Waals surface area (Å²) in [5.41, 5.74) is 6.32. The molecule has 150 valence electrons. The summed E-state index contributed by atoms with van der Waals surface area (Å²) in [6.07, 6.45) is 6.19. The maximum atomic E-state index is 12.7. The first-order chi connectivity index (χ1) is 13.4. The van der Waals surface area contributed by atoms with Crippen LogP contribution in [0.1, 0.15) is 48.0 Å². The van der Waals surface area contributed by atoms with Crippen LogP contribution in [-0.4, -0.2) is 20.9 Å². The monoisotopic (exact) mass is 402 g/mol. The first-order valence-electron chi connectivity index (χ1n) is 9.52. The molecule has 2 aromatic rings. The summed E-state index contributed by atoms with van der Waals surface area (Å²) in [7, 11) is -3.86. The molecule has 0 aliphatic heterocycles. The Morgan fingerprint density at radius 3 is 2.43 bits per heavy atom. The summed E-state index contributed by atoms with van der Waals surface area (Å²) in [5.74, 6) is 0.540. The Kier molecular flexibility index (Phi) is 6.24. The Balaban J connectivity index is 1.71. The number of hydrogen-bond acceptors (Lipinski definition) is 4. The molecule has 1 saturated carbocycles. The van der Waals surface area contributed by atoms with Gasteiger partial charge in [-0.15, -0.1) is 0 Å². The molecule has 0 bridgehead atoms. The third-order valence-electron chi connectivity index (χ3n) is 5.12. The molecule has 3 rings (SSSR count). The molecule has 0 atom stereocenters. The lowest BCUT2D eigenvalue weighted by atomic mass is 9.90. The highest BCUT2D eigenvalue weighted by Gasteiger charge is 2.20. The second kappa shape index (κ2) is 8.65. The van der Waals surface area contributed by atoms with Crippen molar-refractivity contribution in [3.05, 3.63) is 53.6 Å². The average Bonchev–Trinajstić information content (AvgIpc) is 2.69. The number of hydrogen-bond donors (Lipinski definition) is 2. The number of nitrogens with two attached hydrogens (primary N) is 1. The molecule has 0 unspecified atom stereocenters. The van der Waals surface area contributed by atoms with Crippen LogP contribution in [0.3, 0.4) is 0 Å². The second-order valence-corrected chi connectivity index (χ2v) is 8.94. The van der Waals surface area contributed by atoms with Gasteiger partial charge in [0, 0.05) is 0 Å². The molecule has 1 aliphatic carbocycles. The fraction of sp³-hybridized carbons (Fsp3) is 0.381. The Morgan fingerprint density at radius 2 is 1.79 bits per heavy atom. The zero-order chi connectivity index (χ0) is 20.1. The summed E-state index contributed by atoms with van der Waals surface area (Å²) < 4.78 is 33.8. The van der Waals surface area contributed by atoms with Crippen molar-refractivity contribution in [2.24, 2.45) is 11.7 Å². The third kappa shape index (κ3) is 4.84. The highest BCUT2D eigenvalue weighted by molar-refractivity contribution is 7.92. The number of para-hydroxylation sites is 1. The summed E-state index contributed by atoms with van der Waals surface area (Å²) in [6.45, 7) is 2.38. The highest BCUT2D eigenvalue weighted by atomic mass is 32.2. The summed E-state index contributed by atoms with van der Waals surface area (Å²) in [6, 6.07) is 11.2. The zero-order valence-corrected chi connectivity index (χ0v) is 16.8. The van der Waals surface area contributed by atoms with E-state index in [-0.39, 0.29) is 16.1 Å². The normalized spacial score (nSPS) is 15.2. The Hall–Kier alpha value is -2.54. The Morgan fingerprint density at radius 1 is 1.11 bits per heavy atom. The number of sulfonamides is 1. The SMILES string of the molecule is Cc1cccc(C(N)=O)c1NS(=O)(=O)c1ccc(OCC2CCCCC2)cc1. The number of benzene rings is 2. The second-order valence-electron chi connectivity index (χ2n) is 7.25. The molecular weight excluding hydrogens is 376 g/mol. The van der Waals surface area contributed by atoms with E-state index in [1.165, 1.54) is 50.3 Å². The van der Waals surface area contributed by atoms with Crippen molar-refractivity contribution in [3.63, 3.8) is 0 Å². The minimum absolute atomic E-state index is 0.0937. The lowest BCUT2D eigenvalue weighted by Crippen LogP contribution is -2.19. The fourth-order valence-corrected chi connectivity index (χ4v) is 4.64. The highest BCUT2D eigenvalue weighted by Crippen LogP contribution is 2.27. The molecule has 0 heterocycles. The topological polar surface area (TPSA) is 98.5 Å². The summed E-state index contributed by atoms with van der Waals surface area (Å²) in [5, 5.41) is 0. The van der Waals surface area contributed by atoms with Crippen molar-refractivity contribution in [3.8, 4) is 5.75 Å². The number of nitrogens with one attached hydrogen (secondary N) is 1. The molecule has 3 N–H and O–H groups in total. The van der Waals surface area contributed by atoms with Gasteiger partial charge in [-0.3, -0.25) is 9.52 Å². The maximum absolute atomic E-state index is 12.7. The molecule has 0 saturated heterocycles. The van der Waals surface area contributed by atoms with Gasteiger partial charge < -0.3 is 10.5 Å². The standard InChI is InChI=1S/C21H26N2O4S/c1-15-6-5-9-19(21(22)24)20(15)23-28(25,26)18-12-10-17(11-13-18)27-14-16-7-3-2-4-8-16/h5-6,9-13,16,23H,2-4,7-8,14H2,1H3,(H2,22,24). The van der Waals surface area contributed by atoms with E-state index in [4.69, 9.17) is 10.5 Å². The van der Waals surface area contributed by atoms with Crippen LogP contribution in [0.2, 0.25) is 0 Å². The molecule has 2 aromatic carbocycles. The van der Waals surface area contributed by atoms with Gasteiger partial charge in [-0.1, -0.05) is 31.4 Å². The molecule has 0 spiro atoms. The van der Waals surface area contributed by atoms with E-state index < -0.39 is 15.9 Å². The van der Waals surface area contributed by atoms with Gasteiger partial charge in [0.2, 0.25) is 0 Å².